The summed E-state index contributed by atoms with van der Waals surface area (Å²) < 4.78 is 7.29. The van der Waals surface area contributed by atoms with Gasteiger partial charge >= 0.3 is 0 Å². The SMILES string of the molecule is O=C(Nc1cc(Cl)ccc1-n1cncn1)[C@@H]1Cc2ccccc2O1. The van der Waals surface area contributed by atoms with E-state index in [0.29, 0.717) is 22.8 Å². The van der Waals surface area contributed by atoms with Gasteiger partial charge in [-0.2, -0.15) is 5.10 Å². The number of benzene rings is 2. The van der Waals surface area contributed by atoms with Crippen LogP contribution in [0.4, 0.5) is 5.69 Å². The normalized spacial score (nSPS) is 15.6. The van der Waals surface area contributed by atoms with Crippen LogP contribution in [0.1, 0.15) is 5.56 Å². The molecule has 120 valence electrons. The van der Waals surface area contributed by atoms with Crippen LogP contribution < -0.4 is 10.1 Å². The van der Waals surface area contributed by atoms with Crippen LogP contribution in [0, 0.1) is 0 Å². The van der Waals surface area contributed by atoms with E-state index in [0.717, 1.165) is 11.3 Å². The largest absolute Gasteiger partial charge is 0.480 e. The summed E-state index contributed by atoms with van der Waals surface area (Å²) in [6.07, 6.45) is 2.96. The van der Waals surface area contributed by atoms with Gasteiger partial charge in [-0.05, 0) is 29.8 Å². The van der Waals surface area contributed by atoms with Gasteiger partial charge in [-0.3, -0.25) is 4.79 Å². The lowest BCUT2D eigenvalue weighted by Gasteiger charge is -2.14. The molecule has 0 fully saturated rings. The Morgan fingerprint density at radius 1 is 1.29 bits per heavy atom. The van der Waals surface area contributed by atoms with E-state index in [1.165, 1.54) is 6.33 Å². The molecular weight excluding hydrogens is 328 g/mol. The third-order valence-electron chi connectivity index (χ3n) is 3.82. The molecule has 1 N–H and O–H groups in total. The second kappa shape index (κ2) is 5.98. The summed E-state index contributed by atoms with van der Waals surface area (Å²) in [6.45, 7) is 0. The number of hydrogen-bond acceptors (Lipinski definition) is 4. The van der Waals surface area contributed by atoms with Gasteiger partial charge in [-0.25, -0.2) is 9.67 Å². The molecule has 0 unspecified atom stereocenters. The molecule has 1 aromatic heterocycles. The van der Waals surface area contributed by atoms with Gasteiger partial charge in [0.1, 0.15) is 18.4 Å². The second-order valence-electron chi connectivity index (χ2n) is 5.41. The Bertz CT molecular complexity index is 870. The van der Waals surface area contributed by atoms with Crippen molar-refractivity contribution in [2.45, 2.75) is 12.5 Å². The van der Waals surface area contributed by atoms with Crippen molar-refractivity contribution < 1.29 is 9.53 Å². The summed E-state index contributed by atoms with van der Waals surface area (Å²) in [6, 6.07) is 12.8. The minimum absolute atomic E-state index is 0.227. The average molecular weight is 341 g/mol. The number of fused-ring (bicyclic) bond motifs is 1. The van der Waals surface area contributed by atoms with Gasteiger partial charge in [0.2, 0.25) is 0 Å². The number of anilines is 1. The van der Waals surface area contributed by atoms with Gasteiger partial charge in [0.25, 0.3) is 5.91 Å². The first-order chi connectivity index (χ1) is 11.7. The zero-order valence-corrected chi connectivity index (χ0v) is 13.3. The predicted molar refractivity (Wildman–Crippen MR) is 89.6 cm³/mol. The van der Waals surface area contributed by atoms with Crippen molar-refractivity contribution in [2.75, 3.05) is 5.32 Å². The van der Waals surface area contributed by atoms with Crippen LogP contribution in [0.25, 0.3) is 5.69 Å². The maximum absolute atomic E-state index is 12.6. The standard InChI is InChI=1S/C17H13ClN4O2/c18-12-5-6-14(22-10-19-9-20-22)13(8-12)21-17(23)16-7-11-3-1-2-4-15(11)24-16/h1-6,8-10,16H,7H2,(H,21,23)/t16-/m0/s1. The molecule has 0 aliphatic carbocycles. The van der Waals surface area contributed by atoms with Crippen LogP contribution in [0.3, 0.4) is 0 Å². The highest BCUT2D eigenvalue weighted by molar-refractivity contribution is 6.31. The minimum Gasteiger partial charge on any atom is -0.480 e. The molecule has 1 atom stereocenters. The fraction of sp³-hybridized carbons (Fsp3) is 0.118. The molecule has 2 aromatic carbocycles. The quantitative estimate of drug-likeness (QED) is 0.796. The fourth-order valence-electron chi connectivity index (χ4n) is 2.68. The average Bonchev–Trinajstić information content (AvgIpc) is 3.24. The van der Waals surface area contributed by atoms with Crippen molar-refractivity contribution >= 4 is 23.2 Å². The maximum Gasteiger partial charge on any atom is 0.265 e. The topological polar surface area (TPSA) is 69.0 Å². The lowest BCUT2D eigenvalue weighted by Crippen LogP contribution is -2.31. The second-order valence-corrected chi connectivity index (χ2v) is 5.85. The predicted octanol–water partition coefficient (Wildman–Crippen LogP) is 2.86. The van der Waals surface area contributed by atoms with Crippen LogP contribution in [0.15, 0.2) is 55.1 Å². The molecule has 1 aliphatic rings. The zero-order valence-electron chi connectivity index (χ0n) is 12.5. The Kier molecular flexibility index (Phi) is 3.66. The number of nitrogens with zero attached hydrogens (tertiary/aromatic N) is 3. The molecule has 1 aliphatic heterocycles. The Hall–Kier alpha value is -2.86. The minimum atomic E-state index is -0.565. The molecule has 0 radical (unpaired) electrons. The van der Waals surface area contributed by atoms with E-state index < -0.39 is 6.10 Å². The highest BCUT2D eigenvalue weighted by atomic mass is 35.5. The van der Waals surface area contributed by atoms with Gasteiger partial charge < -0.3 is 10.1 Å². The van der Waals surface area contributed by atoms with Crippen molar-refractivity contribution in [1.82, 2.24) is 14.8 Å². The van der Waals surface area contributed by atoms with Crippen molar-refractivity contribution in [2.24, 2.45) is 0 Å². The summed E-state index contributed by atoms with van der Waals surface area (Å²) >= 11 is 6.07. The van der Waals surface area contributed by atoms with E-state index in [-0.39, 0.29) is 5.91 Å². The van der Waals surface area contributed by atoms with Crippen LogP contribution in [-0.4, -0.2) is 26.8 Å². The van der Waals surface area contributed by atoms with Crippen LogP contribution in [-0.2, 0) is 11.2 Å². The highest BCUT2D eigenvalue weighted by Gasteiger charge is 2.29. The summed E-state index contributed by atoms with van der Waals surface area (Å²) in [5, 5.41) is 7.49. The van der Waals surface area contributed by atoms with Crippen molar-refractivity contribution in [3.63, 3.8) is 0 Å². The maximum atomic E-state index is 12.6. The summed E-state index contributed by atoms with van der Waals surface area (Å²) in [7, 11) is 0. The molecule has 7 heteroatoms. The number of halogens is 1. The van der Waals surface area contributed by atoms with Crippen molar-refractivity contribution in [3.05, 3.63) is 65.7 Å². The summed E-state index contributed by atoms with van der Waals surface area (Å²) in [5.41, 5.74) is 2.26. The lowest BCUT2D eigenvalue weighted by molar-refractivity contribution is -0.122. The molecular formula is C17H13ClN4O2. The first-order valence-corrected chi connectivity index (χ1v) is 7.78. The van der Waals surface area contributed by atoms with E-state index >= 15 is 0 Å². The molecule has 2 heterocycles. The number of para-hydroxylation sites is 1. The Labute approximate surface area is 143 Å². The molecule has 24 heavy (non-hydrogen) atoms. The molecule has 0 spiro atoms. The monoisotopic (exact) mass is 340 g/mol. The van der Waals surface area contributed by atoms with Crippen molar-refractivity contribution in [3.8, 4) is 11.4 Å². The highest BCUT2D eigenvalue weighted by Crippen LogP contribution is 2.30. The first-order valence-electron chi connectivity index (χ1n) is 7.41. The first kappa shape index (κ1) is 14.7. The number of amides is 1. The molecule has 1 amide bonds. The Morgan fingerprint density at radius 3 is 2.96 bits per heavy atom. The number of carbonyl (C=O) groups is 1. The van der Waals surface area contributed by atoms with Crippen LogP contribution in [0.5, 0.6) is 5.75 Å². The molecule has 0 saturated heterocycles. The van der Waals surface area contributed by atoms with E-state index in [2.05, 4.69) is 15.4 Å². The van der Waals surface area contributed by atoms with Crippen molar-refractivity contribution in [1.29, 1.82) is 0 Å². The number of carbonyl (C=O) groups excluding carboxylic acids is 1. The number of rotatable bonds is 3. The van der Waals surface area contributed by atoms with Gasteiger partial charge in [0.15, 0.2) is 6.10 Å². The Balaban J connectivity index is 1.58. The molecule has 0 saturated carbocycles. The smallest absolute Gasteiger partial charge is 0.265 e. The van der Waals surface area contributed by atoms with E-state index in [1.807, 2.05) is 24.3 Å². The van der Waals surface area contributed by atoms with Gasteiger partial charge in [0.05, 0.1) is 11.4 Å². The van der Waals surface area contributed by atoms with Gasteiger partial charge in [0, 0.05) is 11.4 Å². The fourth-order valence-corrected chi connectivity index (χ4v) is 2.85. The number of aromatic nitrogens is 3. The molecule has 3 aromatic rings. The summed E-state index contributed by atoms with van der Waals surface area (Å²) in [5.74, 6) is 0.523. The van der Waals surface area contributed by atoms with E-state index in [9.17, 15) is 4.79 Å². The Morgan fingerprint density at radius 2 is 2.17 bits per heavy atom. The number of hydrogen-bond donors (Lipinski definition) is 1. The number of ether oxygens (including phenoxy) is 1. The molecule has 4 rings (SSSR count). The summed E-state index contributed by atoms with van der Waals surface area (Å²) in [4.78, 5) is 16.5. The van der Waals surface area contributed by atoms with Gasteiger partial charge in [-0.1, -0.05) is 29.8 Å². The van der Waals surface area contributed by atoms with Crippen LogP contribution in [0.2, 0.25) is 5.02 Å². The van der Waals surface area contributed by atoms with Gasteiger partial charge in [-0.15, -0.1) is 0 Å². The third kappa shape index (κ3) is 2.72. The lowest BCUT2D eigenvalue weighted by atomic mass is 10.1. The van der Waals surface area contributed by atoms with Crippen LogP contribution >= 0.6 is 11.6 Å². The third-order valence-corrected chi connectivity index (χ3v) is 4.06. The zero-order chi connectivity index (χ0) is 16.5. The van der Waals surface area contributed by atoms with E-state index in [4.69, 9.17) is 16.3 Å². The molecule has 6 nitrogen and oxygen atoms in total. The van der Waals surface area contributed by atoms with E-state index in [1.54, 1.807) is 29.2 Å². The molecule has 0 bridgehead atoms. The number of nitrogens with one attached hydrogen (secondary N) is 1.